The number of piperazine rings is 1. The Morgan fingerprint density at radius 2 is 1.93 bits per heavy atom. The van der Waals surface area contributed by atoms with E-state index in [-0.39, 0.29) is 42.5 Å². The SMILES string of the molecule is C[C@@H]1C(=O)NCCN1C(=O)N[C@@H](c1ccc(F)c(Cl)c1)C1CCC(C(F)(F)F)CC1. The molecule has 1 heterocycles. The number of hydrogen-bond donors (Lipinski definition) is 2. The molecule has 1 saturated heterocycles. The van der Waals surface area contributed by atoms with Crippen molar-refractivity contribution in [1.82, 2.24) is 15.5 Å². The second-order valence-electron chi connectivity index (χ2n) is 7.91. The van der Waals surface area contributed by atoms with E-state index in [2.05, 4.69) is 10.6 Å². The molecule has 2 fully saturated rings. The van der Waals surface area contributed by atoms with Crippen LogP contribution in [0.3, 0.4) is 0 Å². The predicted molar refractivity (Wildman–Crippen MR) is 103 cm³/mol. The molecule has 30 heavy (non-hydrogen) atoms. The molecule has 2 N–H and O–H groups in total. The average molecular weight is 450 g/mol. The van der Waals surface area contributed by atoms with E-state index in [1.54, 1.807) is 6.92 Å². The van der Waals surface area contributed by atoms with E-state index in [0.29, 0.717) is 18.7 Å². The molecule has 10 heteroatoms. The van der Waals surface area contributed by atoms with Crippen molar-refractivity contribution in [2.24, 2.45) is 11.8 Å². The maximum Gasteiger partial charge on any atom is 0.391 e. The predicted octanol–water partition coefficient (Wildman–Crippen LogP) is 4.42. The lowest BCUT2D eigenvalue weighted by atomic mass is 9.76. The zero-order valence-corrected chi connectivity index (χ0v) is 17.2. The van der Waals surface area contributed by atoms with Crippen molar-refractivity contribution in [2.75, 3.05) is 13.1 Å². The van der Waals surface area contributed by atoms with Crippen molar-refractivity contribution in [3.05, 3.63) is 34.6 Å². The summed E-state index contributed by atoms with van der Waals surface area (Å²) in [6, 6.07) is 2.26. The van der Waals surface area contributed by atoms with Crippen LogP contribution in [0.1, 0.15) is 44.2 Å². The van der Waals surface area contributed by atoms with Gasteiger partial charge in [-0.05, 0) is 56.2 Å². The van der Waals surface area contributed by atoms with Gasteiger partial charge in [0.1, 0.15) is 11.9 Å². The highest BCUT2D eigenvalue weighted by Gasteiger charge is 2.43. The second-order valence-corrected chi connectivity index (χ2v) is 8.32. The van der Waals surface area contributed by atoms with Crippen LogP contribution in [0.25, 0.3) is 0 Å². The first-order chi connectivity index (χ1) is 14.1. The van der Waals surface area contributed by atoms with Crippen molar-refractivity contribution in [1.29, 1.82) is 0 Å². The van der Waals surface area contributed by atoms with Gasteiger partial charge in [-0.2, -0.15) is 13.2 Å². The standard InChI is InChI=1S/C20H24ClF4N3O2/c1-11-18(29)26-8-9-28(11)19(30)27-17(13-4-7-16(22)15(21)10-13)12-2-5-14(6-3-12)20(23,24)25/h4,7,10-12,14,17H,2-3,5-6,8-9H2,1H3,(H,26,29)(H,27,30)/t11-,12?,14?,17-/m1/s1. The number of carbonyl (C=O) groups is 2. The fourth-order valence-corrected chi connectivity index (χ4v) is 4.42. The first-order valence-electron chi connectivity index (χ1n) is 9.94. The molecule has 1 aromatic carbocycles. The minimum atomic E-state index is -4.24. The van der Waals surface area contributed by atoms with Gasteiger partial charge >= 0.3 is 12.2 Å². The van der Waals surface area contributed by atoms with Gasteiger partial charge in [0.2, 0.25) is 5.91 Å². The second kappa shape index (κ2) is 8.99. The number of benzene rings is 1. The fraction of sp³-hybridized carbons (Fsp3) is 0.600. The smallest absolute Gasteiger partial charge is 0.353 e. The third-order valence-electron chi connectivity index (χ3n) is 6.05. The quantitative estimate of drug-likeness (QED) is 0.671. The number of urea groups is 1. The number of nitrogens with zero attached hydrogens (tertiary/aromatic N) is 1. The van der Waals surface area contributed by atoms with Crippen LogP contribution in [0.5, 0.6) is 0 Å². The third kappa shape index (κ3) is 4.99. The number of amides is 3. The van der Waals surface area contributed by atoms with Crippen LogP contribution in [0.2, 0.25) is 5.02 Å². The Morgan fingerprint density at radius 3 is 2.53 bits per heavy atom. The van der Waals surface area contributed by atoms with Crippen LogP contribution >= 0.6 is 11.6 Å². The molecule has 2 aliphatic rings. The van der Waals surface area contributed by atoms with Crippen LogP contribution in [0.4, 0.5) is 22.4 Å². The summed E-state index contributed by atoms with van der Waals surface area (Å²) in [7, 11) is 0. The molecule has 1 aliphatic carbocycles. The highest BCUT2D eigenvalue weighted by atomic mass is 35.5. The largest absolute Gasteiger partial charge is 0.391 e. The Bertz CT molecular complexity index is 797. The molecule has 1 saturated carbocycles. The molecule has 0 radical (unpaired) electrons. The van der Waals surface area contributed by atoms with Crippen molar-refractivity contribution in [3.8, 4) is 0 Å². The van der Waals surface area contributed by atoms with E-state index in [1.807, 2.05) is 0 Å². The maximum atomic E-state index is 13.6. The molecule has 5 nitrogen and oxygen atoms in total. The molecule has 0 aromatic heterocycles. The first kappa shape index (κ1) is 22.7. The lowest BCUT2D eigenvalue weighted by Crippen LogP contribution is -2.58. The van der Waals surface area contributed by atoms with Gasteiger partial charge in [-0.15, -0.1) is 0 Å². The maximum absolute atomic E-state index is 13.6. The number of alkyl halides is 3. The highest BCUT2D eigenvalue weighted by Crippen LogP contribution is 2.43. The zero-order valence-electron chi connectivity index (χ0n) is 16.4. The summed E-state index contributed by atoms with van der Waals surface area (Å²) >= 11 is 5.91. The Hall–Kier alpha value is -2.03. The molecule has 166 valence electrons. The molecule has 3 amide bonds. The van der Waals surface area contributed by atoms with Crippen molar-refractivity contribution in [2.45, 2.75) is 50.9 Å². The van der Waals surface area contributed by atoms with E-state index >= 15 is 0 Å². The van der Waals surface area contributed by atoms with Crippen molar-refractivity contribution in [3.63, 3.8) is 0 Å². The summed E-state index contributed by atoms with van der Waals surface area (Å²) in [6.07, 6.45) is -3.77. The molecule has 3 rings (SSSR count). The molecule has 1 aliphatic heterocycles. The van der Waals surface area contributed by atoms with E-state index in [1.165, 1.54) is 23.1 Å². The van der Waals surface area contributed by atoms with Crippen LogP contribution in [0.15, 0.2) is 18.2 Å². The lowest BCUT2D eigenvalue weighted by molar-refractivity contribution is -0.184. The van der Waals surface area contributed by atoms with E-state index in [0.717, 1.165) is 0 Å². The van der Waals surface area contributed by atoms with Crippen LogP contribution in [-0.4, -0.2) is 42.1 Å². The molecule has 0 bridgehead atoms. The fourth-order valence-electron chi connectivity index (χ4n) is 4.23. The molecule has 0 spiro atoms. The first-order valence-corrected chi connectivity index (χ1v) is 10.3. The Balaban J connectivity index is 1.80. The summed E-state index contributed by atoms with van der Waals surface area (Å²) in [5, 5.41) is 5.42. The molecule has 2 atom stereocenters. The van der Waals surface area contributed by atoms with Crippen molar-refractivity contribution < 1.29 is 27.2 Å². The molecule has 1 aromatic rings. The van der Waals surface area contributed by atoms with E-state index in [4.69, 9.17) is 11.6 Å². The van der Waals surface area contributed by atoms with Gasteiger partial charge in [0.15, 0.2) is 0 Å². The van der Waals surface area contributed by atoms with Gasteiger partial charge in [0, 0.05) is 13.1 Å². The van der Waals surface area contributed by atoms with Gasteiger partial charge in [-0.3, -0.25) is 4.79 Å². The van der Waals surface area contributed by atoms with Gasteiger partial charge in [0.05, 0.1) is 17.0 Å². The molecular formula is C20H24ClF4N3O2. The minimum absolute atomic E-state index is 0.0298. The van der Waals surface area contributed by atoms with Crippen LogP contribution in [0, 0.1) is 17.7 Å². The minimum Gasteiger partial charge on any atom is -0.353 e. The van der Waals surface area contributed by atoms with Crippen molar-refractivity contribution >= 4 is 23.5 Å². The summed E-state index contributed by atoms with van der Waals surface area (Å²) in [5.74, 6) is -2.51. The summed E-state index contributed by atoms with van der Waals surface area (Å²) in [5.41, 5.74) is 0.527. The van der Waals surface area contributed by atoms with Gasteiger partial charge < -0.3 is 15.5 Å². The topological polar surface area (TPSA) is 61.4 Å². The van der Waals surface area contributed by atoms with Gasteiger partial charge in [-0.1, -0.05) is 17.7 Å². The normalized spacial score (nSPS) is 26.1. The average Bonchev–Trinajstić information content (AvgIpc) is 2.69. The summed E-state index contributed by atoms with van der Waals surface area (Å²) in [4.78, 5) is 26.2. The Morgan fingerprint density at radius 1 is 1.27 bits per heavy atom. The van der Waals surface area contributed by atoms with E-state index < -0.39 is 36.0 Å². The van der Waals surface area contributed by atoms with Gasteiger partial charge in [0.25, 0.3) is 0 Å². The molecule has 0 unspecified atom stereocenters. The number of halogens is 5. The third-order valence-corrected chi connectivity index (χ3v) is 6.34. The highest BCUT2D eigenvalue weighted by molar-refractivity contribution is 6.30. The number of hydrogen-bond acceptors (Lipinski definition) is 2. The number of rotatable bonds is 3. The Labute approximate surface area is 177 Å². The summed E-state index contributed by atoms with van der Waals surface area (Å²) < 4.78 is 52.8. The number of nitrogens with one attached hydrogen (secondary N) is 2. The molecular weight excluding hydrogens is 426 g/mol. The zero-order chi connectivity index (χ0) is 22.1. The van der Waals surface area contributed by atoms with Gasteiger partial charge in [-0.25, -0.2) is 9.18 Å². The van der Waals surface area contributed by atoms with Crippen LogP contribution in [-0.2, 0) is 4.79 Å². The number of carbonyl (C=O) groups excluding carboxylic acids is 2. The lowest BCUT2D eigenvalue weighted by Gasteiger charge is -2.38. The summed E-state index contributed by atoms with van der Waals surface area (Å²) in [6.45, 7) is 2.24. The monoisotopic (exact) mass is 449 g/mol. The Kier molecular flexibility index (Phi) is 6.79. The van der Waals surface area contributed by atoms with Crippen LogP contribution < -0.4 is 10.6 Å². The van der Waals surface area contributed by atoms with E-state index in [9.17, 15) is 27.2 Å².